The summed E-state index contributed by atoms with van der Waals surface area (Å²) in [5.41, 5.74) is 6.27. The maximum Gasteiger partial charge on any atom is 0.137 e. The Hall–Kier alpha value is -0.540. The van der Waals surface area contributed by atoms with Crippen molar-refractivity contribution in [1.82, 2.24) is 0 Å². The van der Waals surface area contributed by atoms with Crippen molar-refractivity contribution in [2.24, 2.45) is 5.73 Å². The number of halogens is 1. The minimum absolute atomic E-state index is 0.125. The molecule has 1 aromatic rings. The van der Waals surface area contributed by atoms with Gasteiger partial charge in [-0.3, -0.25) is 0 Å². The van der Waals surface area contributed by atoms with Crippen LogP contribution in [-0.2, 0) is 6.54 Å². The van der Waals surface area contributed by atoms with Gasteiger partial charge in [0.25, 0.3) is 0 Å². The van der Waals surface area contributed by atoms with Crippen molar-refractivity contribution in [2.45, 2.75) is 29.5 Å². The van der Waals surface area contributed by atoms with Gasteiger partial charge in [0.05, 0.1) is 0 Å². The molecule has 0 aromatic heterocycles. The molecule has 0 spiro atoms. The first-order chi connectivity index (χ1) is 6.29. The van der Waals surface area contributed by atoms with Crippen LogP contribution in [-0.4, -0.2) is 5.25 Å². The summed E-state index contributed by atoms with van der Waals surface area (Å²) < 4.78 is 13.3. The molecular weight excluding hydrogens is 185 g/mol. The standard InChI is InChI=1S/C10H12FNS/c11-9-5-7(6-12)1-4-10(9)13-8-2-3-8/h1,4-5,8H,2-3,6,12H2. The predicted octanol–water partition coefficient (Wildman–Crippen LogP) is 2.54. The molecule has 2 rings (SSSR count). The van der Waals surface area contributed by atoms with E-state index in [2.05, 4.69) is 0 Å². The zero-order chi connectivity index (χ0) is 9.26. The highest BCUT2D eigenvalue weighted by Gasteiger charge is 2.23. The summed E-state index contributed by atoms with van der Waals surface area (Å²) in [5.74, 6) is -0.125. The Balaban J connectivity index is 2.15. The van der Waals surface area contributed by atoms with E-state index in [0.29, 0.717) is 11.8 Å². The largest absolute Gasteiger partial charge is 0.326 e. The summed E-state index contributed by atoms with van der Waals surface area (Å²) >= 11 is 1.64. The molecule has 2 N–H and O–H groups in total. The highest BCUT2D eigenvalue weighted by Crippen LogP contribution is 2.40. The van der Waals surface area contributed by atoms with Gasteiger partial charge < -0.3 is 5.73 Å². The van der Waals surface area contributed by atoms with Gasteiger partial charge in [0.2, 0.25) is 0 Å². The molecule has 70 valence electrons. The highest BCUT2D eigenvalue weighted by molar-refractivity contribution is 8.00. The van der Waals surface area contributed by atoms with E-state index in [0.717, 1.165) is 10.5 Å². The van der Waals surface area contributed by atoms with Crippen LogP contribution < -0.4 is 5.73 Å². The Labute approximate surface area is 81.5 Å². The van der Waals surface area contributed by atoms with Crippen LogP contribution in [0.5, 0.6) is 0 Å². The third-order valence-corrected chi connectivity index (χ3v) is 3.44. The third-order valence-electron chi connectivity index (χ3n) is 2.05. The van der Waals surface area contributed by atoms with Crippen molar-refractivity contribution < 1.29 is 4.39 Å². The molecule has 0 bridgehead atoms. The summed E-state index contributed by atoms with van der Waals surface area (Å²) in [6.45, 7) is 0.408. The van der Waals surface area contributed by atoms with Crippen LogP contribution in [0.15, 0.2) is 23.1 Å². The van der Waals surface area contributed by atoms with Gasteiger partial charge in [0.1, 0.15) is 5.82 Å². The molecule has 1 fully saturated rings. The molecule has 1 aromatic carbocycles. The van der Waals surface area contributed by atoms with Gasteiger partial charge in [-0.05, 0) is 30.5 Å². The van der Waals surface area contributed by atoms with Gasteiger partial charge in [0, 0.05) is 16.7 Å². The lowest BCUT2D eigenvalue weighted by Gasteiger charge is -2.03. The Morgan fingerprint density at radius 3 is 2.77 bits per heavy atom. The van der Waals surface area contributed by atoms with Gasteiger partial charge in [-0.15, -0.1) is 11.8 Å². The van der Waals surface area contributed by atoms with E-state index in [1.165, 1.54) is 18.9 Å². The molecule has 0 heterocycles. The second-order valence-electron chi connectivity index (χ2n) is 3.29. The predicted molar refractivity (Wildman–Crippen MR) is 53.2 cm³/mol. The van der Waals surface area contributed by atoms with Crippen molar-refractivity contribution in [3.05, 3.63) is 29.6 Å². The van der Waals surface area contributed by atoms with Crippen LogP contribution in [0.2, 0.25) is 0 Å². The Bertz CT molecular complexity index is 310. The van der Waals surface area contributed by atoms with E-state index in [4.69, 9.17) is 5.73 Å². The van der Waals surface area contributed by atoms with Crippen LogP contribution >= 0.6 is 11.8 Å². The zero-order valence-corrected chi connectivity index (χ0v) is 8.11. The molecule has 1 aliphatic carbocycles. The highest BCUT2D eigenvalue weighted by atomic mass is 32.2. The maximum absolute atomic E-state index is 13.3. The van der Waals surface area contributed by atoms with E-state index in [-0.39, 0.29) is 5.82 Å². The Morgan fingerprint density at radius 2 is 2.23 bits per heavy atom. The number of hydrogen-bond donors (Lipinski definition) is 1. The molecule has 0 aliphatic heterocycles. The second-order valence-corrected chi connectivity index (χ2v) is 4.63. The average molecular weight is 197 g/mol. The van der Waals surface area contributed by atoms with Gasteiger partial charge in [-0.2, -0.15) is 0 Å². The number of thioether (sulfide) groups is 1. The van der Waals surface area contributed by atoms with Crippen LogP contribution in [0.3, 0.4) is 0 Å². The molecule has 3 heteroatoms. The van der Waals surface area contributed by atoms with Gasteiger partial charge >= 0.3 is 0 Å². The molecular formula is C10H12FNS. The van der Waals surface area contributed by atoms with E-state index in [9.17, 15) is 4.39 Å². The van der Waals surface area contributed by atoms with Crippen LogP contribution in [0.4, 0.5) is 4.39 Å². The molecule has 1 saturated carbocycles. The maximum atomic E-state index is 13.3. The topological polar surface area (TPSA) is 26.0 Å². The first kappa shape index (κ1) is 9.03. The molecule has 0 unspecified atom stereocenters. The Kier molecular flexibility index (Phi) is 2.56. The van der Waals surface area contributed by atoms with Crippen molar-refractivity contribution in [3.63, 3.8) is 0 Å². The number of rotatable bonds is 3. The lowest BCUT2D eigenvalue weighted by Crippen LogP contribution is -1.97. The zero-order valence-electron chi connectivity index (χ0n) is 7.29. The van der Waals surface area contributed by atoms with Crippen molar-refractivity contribution in [3.8, 4) is 0 Å². The van der Waals surface area contributed by atoms with Crippen LogP contribution in [0.1, 0.15) is 18.4 Å². The van der Waals surface area contributed by atoms with Crippen LogP contribution in [0.25, 0.3) is 0 Å². The fourth-order valence-corrected chi connectivity index (χ4v) is 2.18. The summed E-state index contributed by atoms with van der Waals surface area (Å²) in [6.07, 6.45) is 2.45. The normalized spacial score (nSPS) is 16.2. The minimum Gasteiger partial charge on any atom is -0.326 e. The molecule has 1 aliphatic rings. The van der Waals surface area contributed by atoms with E-state index in [1.807, 2.05) is 12.1 Å². The SMILES string of the molecule is NCc1ccc(SC2CC2)c(F)c1. The van der Waals surface area contributed by atoms with E-state index >= 15 is 0 Å². The molecule has 0 saturated heterocycles. The van der Waals surface area contributed by atoms with Gasteiger partial charge in [-0.1, -0.05) is 6.07 Å². The molecule has 13 heavy (non-hydrogen) atoms. The molecule has 1 nitrogen and oxygen atoms in total. The number of benzene rings is 1. The smallest absolute Gasteiger partial charge is 0.137 e. The van der Waals surface area contributed by atoms with Crippen molar-refractivity contribution in [1.29, 1.82) is 0 Å². The quantitative estimate of drug-likeness (QED) is 0.805. The monoisotopic (exact) mass is 197 g/mol. The fourth-order valence-electron chi connectivity index (χ4n) is 1.13. The summed E-state index contributed by atoms with van der Waals surface area (Å²) in [6, 6.07) is 5.26. The first-order valence-electron chi connectivity index (χ1n) is 4.45. The number of hydrogen-bond acceptors (Lipinski definition) is 2. The summed E-state index contributed by atoms with van der Waals surface area (Å²) in [5, 5.41) is 0.651. The van der Waals surface area contributed by atoms with E-state index < -0.39 is 0 Å². The lowest BCUT2D eigenvalue weighted by molar-refractivity contribution is 0.599. The van der Waals surface area contributed by atoms with Gasteiger partial charge in [0.15, 0.2) is 0 Å². The van der Waals surface area contributed by atoms with Crippen LogP contribution in [0, 0.1) is 5.82 Å². The van der Waals surface area contributed by atoms with Gasteiger partial charge in [-0.25, -0.2) is 4.39 Å². The second kappa shape index (κ2) is 3.68. The number of nitrogens with two attached hydrogens (primary N) is 1. The summed E-state index contributed by atoms with van der Waals surface area (Å²) in [4.78, 5) is 0.764. The third kappa shape index (κ3) is 2.23. The average Bonchev–Trinajstić information content (AvgIpc) is 2.92. The van der Waals surface area contributed by atoms with E-state index in [1.54, 1.807) is 11.8 Å². The Morgan fingerprint density at radius 1 is 1.46 bits per heavy atom. The lowest BCUT2D eigenvalue weighted by atomic mass is 10.2. The minimum atomic E-state index is -0.125. The molecule has 0 amide bonds. The van der Waals surface area contributed by atoms with Crippen molar-refractivity contribution in [2.75, 3.05) is 0 Å². The van der Waals surface area contributed by atoms with Crippen molar-refractivity contribution >= 4 is 11.8 Å². The summed E-state index contributed by atoms with van der Waals surface area (Å²) in [7, 11) is 0. The first-order valence-corrected chi connectivity index (χ1v) is 5.32. The molecule has 0 atom stereocenters. The molecule has 0 radical (unpaired) electrons. The fraction of sp³-hybridized carbons (Fsp3) is 0.400.